The molecule has 1 saturated heterocycles. The number of amides is 1. The molecule has 1 aromatic rings. The van der Waals surface area contributed by atoms with Crippen LogP contribution in [0.5, 0.6) is 0 Å². The van der Waals surface area contributed by atoms with Gasteiger partial charge >= 0.3 is 5.97 Å². The fourth-order valence-corrected chi connectivity index (χ4v) is 2.48. The van der Waals surface area contributed by atoms with Crippen LogP contribution in [0.4, 0.5) is 0 Å². The minimum Gasteiger partial charge on any atom is -0.476 e. The van der Waals surface area contributed by atoms with Gasteiger partial charge in [-0.25, -0.2) is 14.8 Å². The average molecular weight is 277 g/mol. The zero-order chi connectivity index (χ0) is 14.7. The van der Waals surface area contributed by atoms with E-state index in [4.69, 9.17) is 5.11 Å². The van der Waals surface area contributed by atoms with Crippen molar-refractivity contribution in [2.24, 2.45) is 11.8 Å². The molecular formula is C14H19N3O3. The van der Waals surface area contributed by atoms with E-state index < -0.39 is 5.97 Å². The molecule has 108 valence electrons. The highest BCUT2D eigenvalue weighted by Crippen LogP contribution is 2.24. The van der Waals surface area contributed by atoms with Crippen LogP contribution in [-0.4, -0.2) is 44.9 Å². The fraction of sp³-hybridized carbons (Fsp3) is 0.571. The Balaban J connectivity index is 2.00. The molecule has 6 nitrogen and oxygen atoms in total. The molecule has 1 N–H and O–H groups in total. The van der Waals surface area contributed by atoms with Crippen LogP contribution in [0.3, 0.4) is 0 Å². The normalized spacial score (nSPS) is 16.4. The van der Waals surface area contributed by atoms with Crippen LogP contribution in [0, 0.1) is 11.8 Å². The first-order valence-corrected chi connectivity index (χ1v) is 6.83. The number of hydrogen-bond acceptors (Lipinski definition) is 4. The van der Waals surface area contributed by atoms with Gasteiger partial charge in [0.05, 0.1) is 12.4 Å². The molecule has 0 aromatic carbocycles. The van der Waals surface area contributed by atoms with Crippen LogP contribution in [0.2, 0.25) is 0 Å². The standard InChI is InChI=1S/C14H19N3O3/c1-9(2)10-3-5-17(6-4-10)13(18)11-7-16-12(8-15-11)14(19)20/h7-10H,3-6H2,1-2H3,(H,19,20). The highest BCUT2D eigenvalue weighted by molar-refractivity contribution is 5.92. The lowest BCUT2D eigenvalue weighted by atomic mass is 9.86. The third-order valence-electron chi connectivity index (χ3n) is 3.86. The second-order valence-corrected chi connectivity index (χ2v) is 5.47. The highest BCUT2D eigenvalue weighted by atomic mass is 16.4. The molecule has 0 spiro atoms. The zero-order valence-electron chi connectivity index (χ0n) is 11.7. The van der Waals surface area contributed by atoms with Gasteiger partial charge in [0.25, 0.3) is 5.91 Å². The summed E-state index contributed by atoms with van der Waals surface area (Å²) in [6, 6.07) is 0. The summed E-state index contributed by atoms with van der Waals surface area (Å²) in [4.78, 5) is 32.3. The number of hydrogen-bond donors (Lipinski definition) is 1. The van der Waals surface area contributed by atoms with Gasteiger partial charge in [-0.15, -0.1) is 0 Å². The van der Waals surface area contributed by atoms with E-state index in [1.807, 2.05) is 0 Å². The Kier molecular flexibility index (Phi) is 4.32. The fourth-order valence-electron chi connectivity index (χ4n) is 2.48. The maximum atomic E-state index is 12.2. The first kappa shape index (κ1) is 14.4. The lowest BCUT2D eigenvalue weighted by Crippen LogP contribution is -2.39. The van der Waals surface area contributed by atoms with Gasteiger partial charge in [0.2, 0.25) is 0 Å². The number of carboxylic acids is 1. The maximum absolute atomic E-state index is 12.2. The Morgan fingerprint density at radius 1 is 1.20 bits per heavy atom. The zero-order valence-corrected chi connectivity index (χ0v) is 11.7. The van der Waals surface area contributed by atoms with E-state index in [0.29, 0.717) is 11.8 Å². The number of carboxylic acid groups (broad SMARTS) is 1. The predicted molar refractivity (Wildman–Crippen MR) is 72.5 cm³/mol. The average Bonchev–Trinajstić information content (AvgIpc) is 2.46. The molecule has 0 aliphatic carbocycles. The van der Waals surface area contributed by atoms with E-state index in [2.05, 4.69) is 23.8 Å². The largest absolute Gasteiger partial charge is 0.476 e. The number of piperidine rings is 1. The number of rotatable bonds is 3. The van der Waals surface area contributed by atoms with Gasteiger partial charge in [-0.3, -0.25) is 4.79 Å². The molecule has 1 aliphatic rings. The van der Waals surface area contributed by atoms with Crippen molar-refractivity contribution in [3.63, 3.8) is 0 Å². The molecule has 1 fully saturated rings. The second-order valence-electron chi connectivity index (χ2n) is 5.47. The molecule has 0 radical (unpaired) electrons. The summed E-state index contributed by atoms with van der Waals surface area (Å²) in [7, 11) is 0. The minimum absolute atomic E-state index is 0.153. The summed E-state index contributed by atoms with van der Waals surface area (Å²) in [5, 5.41) is 8.75. The number of carbonyl (C=O) groups excluding carboxylic acids is 1. The Morgan fingerprint density at radius 3 is 2.20 bits per heavy atom. The van der Waals surface area contributed by atoms with E-state index in [-0.39, 0.29) is 17.3 Å². The van der Waals surface area contributed by atoms with E-state index in [0.717, 1.165) is 32.1 Å². The van der Waals surface area contributed by atoms with Gasteiger partial charge < -0.3 is 10.0 Å². The summed E-state index contributed by atoms with van der Waals surface area (Å²) in [5.41, 5.74) is 0.0538. The molecule has 0 saturated carbocycles. The number of carbonyl (C=O) groups is 2. The van der Waals surface area contributed by atoms with Gasteiger partial charge in [-0.2, -0.15) is 0 Å². The van der Waals surface area contributed by atoms with Crippen LogP contribution in [0.15, 0.2) is 12.4 Å². The monoisotopic (exact) mass is 277 g/mol. The first-order chi connectivity index (χ1) is 9.49. The molecule has 0 bridgehead atoms. The quantitative estimate of drug-likeness (QED) is 0.908. The van der Waals surface area contributed by atoms with Gasteiger partial charge in [0, 0.05) is 13.1 Å². The summed E-state index contributed by atoms with van der Waals surface area (Å²) in [5.74, 6) is -0.00712. The Hall–Kier alpha value is -1.98. The van der Waals surface area contributed by atoms with Crippen LogP contribution in [0.25, 0.3) is 0 Å². The van der Waals surface area contributed by atoms with Crippen molar-refractivity contribution in [1.29, 1.82) is 0 Å². The van der Waals surface area contributed by atoms with E-state index in [1.54, 1.807) is 4.90 Å². The Morgan fingerprint density at radius 2 is 1.75 bits per heavy atom. The van der Waals surface area contributed by atoms with Gasteiger partial charge in [-0.05, 0) is 24.7 Å². The number of aromatic nitrogens is 2. The highest BCUT2D eigenvalue weighted by Gasteiger charge is 2.26. The minimum atomic E-state index is -1.14. The van der Waals surface area contributed by atoms with Crippen molar-refractivity contribution >= 4 is 11.9 Å². The molecule has 20 heavy (non-hydrogen) atoms. The topological polar surface area (TPSA) is 83.4 Å². The summed E-state index contributed by atoms with van der Waals surface area (Å²) in [6.07, 6.45) is 4.37. The summed E-state index contributed by atoms with van der Waals surface area (Å²) in [6.45, 7) is 5.87. The molecule has 6 heteroatoms. The smallest absolute Gasteiger partial charge is 0.356 e. The van der Waals surface area contributed by atoms with Crippen LogP contribution in [-0.2, 0) is 0 Å². The molecule has 1 amide bonds. The van der Waals surface area contributed by atoms with Crippen LogP contribution < -0.4 is 0 Å². The SMILES string of the molecule is CC(C)C1CCN(C(=O)c2cnc(C(=O)O)cn2)CC1. The third-order valence-corrected chi connectivity index (χ3v) is 3.86. The lowest BCUT2D eigenvalue weighted by molar-refractivity contribution is 0.0653. The van der Waals surface area contributed by atoms with Crippen molar-refractivity contribution in [2.45, 2.75) is 26.7 Å². The van der Waals surface area contributed by atoms with Gasteiger partial charge in [0.15, 0.2) is 5.69 Å². The second kappa shape index (κ2) is 5.98. The number of aromatic carboxylic acids is 1. The van der Waals surface area contributed by atoms with Crippen molar-refractivity contribution in [3.05, 3.63) is 23.8 Å². The molecule has 2 heterocycles. The maximum Gasteiger partial charge on any atom is 0.356 e. The molecule has 0 unspecified atom stereocenters. The van der Waals surface area contributed by atoms with Crippen molar-refractivity contribution in [3.8, 4) is 0 Å². The predicted octanol–water partition coefficient (Wildman–Crippen LogP) is 1.68. The van der Waals surface area contributed by atoms with Crippen LogP contribution in [0.1, 0.15) is 47.7 Å². The van der Waals surface area contributed by atoms with E-state index in [1.165, 1.54) is 6.20 Å². The van der Waals surface area contributed by atoms with Gasteiger partial charge in [-0.1, -0.05) is 13.8 Å². The van der Waals surface area contributed by atoms with Gasteiger partial charge in [0.1, 0.15) is 5.69 Å². The Bertz CT molecular complexity index is 491. The summed E-state index contributed by atoms with van der Waals surface area (Å²) < 4.78 is 0. The molecule has 2 rings (SSSR count). The first-order valence-electron chi connectivity index (χ1n) is 6.83. The molecule has 1 aliphatic heterocycles. The molecule has 1 aromatic heterocycles. The van der Waals surface area contributed by atoms with Crippen molar-refractivity contribution in [1.82, 2.24) is 14.9 Å². The third kappa shape index (κ3) is 3.12. The van der Waals surface area contributed by atoms with E-state index in [9.17, 15) is 9.59 Å². The molecular weight excluding hydrogens is 258 g/mol. The number of nitrogens with zero attached hydrogens (tertiary/aromatic N) is 3. The number of likely N-dealkylation sites (tertiary alicyclic amines) is 1. The summed E-state index contributed by atoms with van der Waals surface area (Å²) >= 11 is 0. The van der Waals surface area contributed by atoms with Crippen molar-refractivity contribution < 1.29 is 14.7 Å². The molecule has 0 atom stereocenters. The van der Waals surface area contributed by atoms with Crippen molar-refractivity contribution in [2.75, 3.05) is 13.1 Å². The Labute approximate surface area is 117 Å². The lowest BCUT2D eigenvalue weighted by Gasteiger charge is -2.33. The van der Waals surface area contributed by atoms with E-state index >= 15 is 0 Å². The van der Waals surface area contributed by atoms with Crippen LogP contribution >= 0.6 is 0 Å².